The van der Waals surface area contributed by atoms with Gasteiger partial charge in [-0.1, -0.05) is 121 Å². The van der Waals surface area contributed by atoms with Crippen molar-refractivity contribution in [3.05, 3.63) is 229 Å². The van der Waals surface area contributed by atoms with E-state index >= 15 is 0 Å². The lowest BCUT2D eigenvalue weighted by Gasteiger charge is -2.68. The maximum atomic E-state index is 14.9. The van der Waals surface area contributed by atoms with Crippen molar-refractivity contribution < 1.29 is 101 Å². The molecule has 678 valence electrons. The Balaban J connectivity index is 0.000000142. The van der Waals surface area contributed by atoms with E-state index < -0.39 is 77.2 Å². The molecule has 2 saturated carbocycles. The smallest absolute Gasteiger partial charge is 0.302 e. The number of aliphatic hydroxyl groups excluding tert-OH is 1. The van der Waals surface area contributed by atoms with Crippen LogP contribution >= 0.6 is 11.6 Å². The molecule has 0 bridgehead atoms. The number of epoxide rings is 1. The summed E-state index contributed by atoms with van der Waals surface area (Å²) in [4.78, 5) is 110. The highest BCUT2D eigenvalue weighted by Gasteiger charge is 2.87. The number of likely N-dealkylation sites (N-methyl/N-ethyl adjacent to an activating group) is 2. The van der Waals surface area contributed by atoms with Crippen LogP contribution in [0.2, 0.25) is 5.02 Å². The molecule has 10 aliphatic rings. The number of halogens is 4. The number of aryl methyl sites for hydroxylation is 2. The molecule has 7 aromatic rings. The maximum Gasteiger partial charge on any atom is 0.302 e. The summed E-state index contributed by atoms with van der Waals surface area (Å²) in [5.74, 6) is -5.88. The number of piperazine rings is 1. The second kappa shape index (κ2) is 36.2. The predicted octanol–water partition coefficient (Wildman–Crippen LogP) is 15.4. The molecule has 6 aromatic carbocycles. The van der Waals surface area contributed by atoms with E-state index in [4.69, 9.17) is 35.3 Å². The van der Waals surface area contributed by atoms with Crippen molar-refractivity contribution in [2.24, 2.45) is 33.5 Å². The van der Waals surface area contributed by atoms with Crippen LogP contribution in [0.1, 0.15) is 229 Å². The number of nitrogens with zero attached hydrogens (tertiary/aromatic N) is 6. The van der Waals surface area contributed by atoms with Crippen LogP contribution in [0.3, 0.4) is 0 Å². The fraction of sp³-hybridized carbons (Fsp3) is 0.469. The first kappa shape index (κ1) is 93.6. The van der Waals surface area contributed by atoms with Crippen LogP contribution < -0.4 is 5.32 Å². The molecule has 1 unspecified atom stereocenters. The highest BCUT2D eigenvalue weighted by molar-refractivity contribution is 6.31. The van der Waals surface area contributed by atoms with E-state index in [2.05, 4.69) is 73.8 Å². The third-order valence-corrected chi connectivity index (χ3v) is 28.4. The van der Waals surface area contributed by atoms with Gasteiger partial charge in [-0.15, -0.1) is 0 Å². The molecule has 8 heterocycles. The first-order valence-electron chi connectivity index (χ1n) is 43.3. The molecule has 0 radical (unpaired) electrons. The number of aliphatic hydroxyl groups is 1. The number of nitrogens with one attached hydrogen (secondary N) is 1. The summed E-state index contributed by atoms with van der Waals surface area (Å²) < 4.78 is 65.7. The standard InChI is InChI=1S/C29H36O6.C24H31N3O3.C22H21F3N2O4.C19H19ClN2O3.C4H8O2/c1-16-23-29(35-23)27(6,24(33-16)18-10-13-32-15-18)12-8-19-26(5)11-9-21(31)25(3,4)20(26)14-22(28(19,29)7)34-17(2)30;1-16(2)20-11-21(23(29)12-22(20)28)24(30)27-14-18-5-4-17(10-19(18)15-27)13-26-8-6-25(3)7-9-26;1-12-7-15(19(29)9-18(12)28)21(31)27-6-2-3-17(27)14-5-4-13(8-16(14)23)20(30)26-10-22(24,25)11-26;1-3-21-18(24)17-13-7-5-4-6-12(13)10-22(17)19(25)14-9-15(20)11(2)8-16(14)23;1-3(5)4(2)6/h9-11,13,15,19-20,22-24H,1,8,12,14H2,2-7H3;4-5,10-12,16,28-29H,6-9,13-15H2,1-3H3;4-5,7-9,17,28-29H,2-3,6,10-11H2,1H3;4-9,17,23H,3,10H2,1-2H3,(H,21,24);3,5H,1-2H3/t19-,20+,22-,23-,24+,26-,27+,28+,29-;;;17-;3-/m1..10/s1. The lowest BCUT2D eigenvalue weighted by molar-refractivity contribution is -0.249. The van der Waals surface area contributed by atoms with E-state index in [1.54, 1.807) is 43.4 Å². The zero-order chi connectivity index (χ0) is 92.4. The van der Waals surface area contributed by atoms with Crippen LogP contribution in [-0.4, -0.2) is 196 Å². The lowest BCUT2D eigenvalue weighted by atomic mass is 9.35. The van der Waals surface area contributed by atoms with Crippen LogP contribution in [0.15, 0.2) is 145 Å². The van der Waals surface area contributed by atoms with E-state index in [0.29, 0.717) is 79.5 Å². The third kappa shape index (κ3) is 17.8. The predicted molar refractivity (Wildman–Crippen MR) is 467 cm³/mol. The molecule has 7 fully saturated rings. The fourth-order valence-corrected chi connectivity index (χ4v) is 21.1. The number of hydrogen-bond acceptors (Lipinski definition) is 20. The molecule has 12 atom stereocenters. The van der Waals surface area contributed by atoms with Gasteiger partial charge in [0.05, 0.1) is 48.3 Å². The first-order chi connectivity index (χ1) is 59.8. The lowest BCUT2D eigenvalue weighted by Crippen LogP contribution is -2.72. The van der Waals surface area contributed by atoms with Gasteiger partial charge in [0.15, 0.2) is 11.6 Å². The maximum absolute atomic E-state index is 14.9. The van der Waals surface area contributed by atoms with E-state index in [0.717, 1.165) is 84.9 Å². The number of carbonyl (C=O) groups is 8. The number of hydrogen-bond donors (Lipinski definition) is 7. The van der Waals surface area contributed by atoms with Crippen LogP contribution in [0.4, 0.5) is 13.2 Å². The van der Waals surface area contributed by atoms with Gasteiger partial charge < -0.3 is 79.1 Å². The van der Waals surface area contributed by atoms with Crippen molar-refractivity contribution in [2.75, 3.05) is 59.4 Å². The van der Waals surface area contributed by atoms with Crippen molar-refractivity contribution in [3.8, 4) is 28.7 Å². The Labute approximate surface area is 743 Å². The van der Waals surface area contributed by atoms with Gasteiger partial charge in [0.1, 0.15) is 76.4 Å². The van der Waals surface area contributed by atoms with Crippen molar-refractivity contribution in [1.82, 2.24) is 34.7 Å². The number of amides is 5. The quantitative estimate of drug-likeness (QED) is 0.0416. The molecular weight excluding hydrogens is 1660 g/mol. The highest BCUT2D eigenvalue weighted by Crippen LogP contribution is 2.81. The number of likely N-dealkylation sites (tertiary alicyclic amines) is 2. The molecule has 7 N–H and O–H groups in total. The number of carbonyl (C=O) groups excluding carboxylic acids is 8. The number of fused-ring (bicyclic) bond motifs is 5. The van der Waals surface area contributed by atoms with E-state index in [1.807, 2.05) is 65.0 Å². The number of ketones is 2. The van der Waals surface area contributed by atoms with Crippen molar-refractivity contribution in [3.63, 3.8) is 0 Å². The largest absolute Gasteiger partial charge is 0.508 e. The van der Waals surface area contributed by atoms with Crippen LogP contribution in [0.5, 0.6) is 28.7 Å². The summed E-state index contributed by atoms with van der Waals surface area (Å²) in [5, 5.41) is 61.8. The molecule has 127 heavy (non-hydrogen) atoms. The Kier molecular flexibility index (Phi) is 26.7. The number of phenols is 5. The molecule has 5 amide bonds. The number of aromatic hydroxyl groups is 5. The normalized spacial score (nSPS) is 26.3. The Bertz CT molecular complexity index is 5490. The van der Waals surface area contributed by atoms with Gasteiger partial charge in [-0.3, -0.25) is 43.3 Å². The molecule has 25 nitrogen and oxygen atoms in total. The average Bonchev–Trinajstić information content (AvgIpc) is 1.46. The molecule has 29 heteroatoms. The minimum Gasteiger partial charge on any atom is -0.508 e. The number of benzene rings is 6. The number of alkyl halides is 2. The Morgan fingerprint density at radius 2 is 1.33 bits per heavy atom. The summed E-state index contributed by atoms with van der Waals surface area (Å²) in [6.45, 7) is 34.6. The average molecular weight is 1770 g/mol. The summed E-state index contributed by atoms with van der Waals surface area (Å²) in [5.41, 5.74) is 6.37. The van der Waals surface area contributed by atoms with Crippen molar-refractivity contribution in [1.29, 1.82) is 0 Å². The van der Waals surface area contributed by atoms with E-state index in [-0.39, 0.29) is 133 Å². The topological polar surface area (TPSA) is 334 Å². The number of phenolic OH excluding ortho intramolecular Hbond substituents is 5. The zero-order valence-electron chi connectivity index (χ0n) is 74.3. The summed E-state index contributed by atoms with van der Waals surface area (Å²) >= 11 is 6.11. The summed E-state index contributed by atoms with van der Waals surface area (Å²) in [6.07, 6.45) is 9.17. The highest BCUT2D eigenvalue weighted by atomic mass is 35.5. The minimum atomic E-state index is -2.91. The van der Waals surface area contributed by atoms with Crippen LogP contribution in [-0.2, 0) is 59.6 Å². The minimum absolute atomic E-state index is 0.00752. The molecule has 5 saturated heterocycles. The van der Waals surface area contributed by atoms with Gasteiger partial charge in [-0.2, -0.15) is 0 Å². The van der Waals surface area contributed by atoms with Gasteiger partial charge in [-0.25, -0.2) is 13.2 Å². The Morgan fingerprint density at radius 1 is 0.685 bits per heavy atom. The molecule has 7 aliphatic heterocycles. The second-order valence-electron chi connectivity index (χ2n) is 37.0. The summed E-state index contributed by atoms with van der Waals surface area (Å²) in [6, 6.07) is 26.7. The number of rotatable bonds is 13. The third-order valence-electron chi connectivity index (χ3n) is 28.0. The monoisotopic (exact) mass is 1770 g/mol. The number of allylic oxidation sites excluding steroid dienone is 2. The van der Waals surface area contributed by atoms with E-state index in [9.17, 15) is 77.1 Å². The van der Waals surface area contributed by atoms with Gasteiger partial charge in [0, 0.05) is 122 Å². The first-order valence-corrected chi connectivity index (χ1v) is 43.7. The van der Waals surface area contributed by atoms with Gasteiger partial charge in [0.25, 0.3) is 29.6 Å². The number of esters is 1. The van der Waals surface area contributed by atoms with Crippen LogP contribution in [0.25, 0.3) is 0 Å². The van der Waals surface area contributed by atoms with Crippen molar-refractivity contribution >= 4 is 58.7 Å². The van der Waals surface area contributed by atoms with Crippen molar-refractivity contribution in [2.45, 2.75) is 202 Å². The molecular formula is C98H115ClF3N7O18. The summed E-state index contributed by atoms with van der Waals surface area (Å²) in [7, 11) is 2.16. The number of ether oxygens (including phenoxy) is 3. The molecule has 1 aromatic heterocycles. The van der Waals surface area contributed by atoms with Gasteiger partial charge >= 0.3 is 5.97 Å². The number of Topliss-reactive ketones (excluding diaryl/α,β-unsaturated/α-hetero) is 1. The Morgan fingerprint density at radius 3 is 1.97 bits per heavy atom. The second-order valence-corrected chi connectivity index (χ2v) is 37.5. The fourth-order valence-electron chi connectivity index (χ4n) is 20.9. The van der Waals surface area contributed by atoms with Crippen LogP contribution in [0, 0.1) is 53.2 Å². The zero-order valence-corrected chi connectivity index (χ0v) is 75.1. The molecule has 3 aliphatic carbocycles. The number of furan rings is 1. The SMILES string of the molecule is C=C1O[C@@H](c2ccoc2)[C@]2(C)CC[C@@H]3[C@@]4(C)C=CC(=O)C(C)(C)[C@@H]4C[C@@H](OC(C)=O)[C@@]3(C)[C@]23O[C@H]13.CC(=O)[C@H](C)O.CC(C)c1cc(C(=O)N2Cc3ccc(CN4CCN(C)CC4)cc3C2)c(O)cc1O.CCNC(=O)[C@H]1c2ccccc2CN1C(=O)c1cc(Cl)c(C)cc1O.Cc1cc(C(=O)N2CCCC2c2ccc(C(=O)N3CC(F)(F)C3)cc2F)c(O)cc1O. The Hall–Kier alpha value is -11.0. The van der Waals surface area contributed by atoms with Gasteiger partial charge in [-0.05, 0) is 190 Å². The van der Waals surface area contributed by atoms with E-state index in [1.165, 1.54) is 78.1 Å². The van der Waals surface area contributed by atoms with Gasteiger partial charge in [0.2, 0.25) is 5.91 Å². The molecule has 17 rings (SSSR count). The molecule has 1 spiro atoms.